The van der Waals surface area contributed by atoms with Gasteiger partial charge in [0.15, 0.2) is 0 Å². The minimum absolute atomic E-state index is 0.0146. The van der Waals surface area contributed by atoms with Crippen LogP contribution in [-0.2, 0) is 16.0 Å². The second-order valence-electron chi connectivity index (χ2n) is 5.33. The molecule has 0 aromatic heterocycles. The van der Waals surface area contributed by atoms with Gasteiger partial charge in [-0.1, -0.05) is 30.3 Å². The number of hydrogen-bond acceptors (Lipinski definition) is 3. The van der Waals surface area contributed by atoms with Crippen molar-refractivity contribution in [3.05, 3.63) is 35.9 Å². The van der Waals surface area contributed by atoms with Crippen LogP contribution in [0.5, 0.6) is 0 Å². The monoisotopic (exact) mass is 290 g/mol. The van der Waals surface area contributed by atoms with Crippen LogP contribution in [0.15, 0.2) is 30.3 Å². The average Bonchev–Trinajstić information content (AvgIpc) is 2.53. The Kier molecular flexibility index (Phi) is 5.75. The predicted octanol–water partition coefficient (Wildman–Crippen LogP) is 0.576. The molecule has 0 aliphatic carbocycles. The zero-order valence-corrected chi connectivity index (χ0v) is 12.1. The van der Waals surface area contributed by atoms with Crippen LogP contribution in [0.25, 0.3) is 0 Å². The second-order valence-corrected chi connectivity index (χ2v) is 5.33. The summed E-state index contributed by atoms with van der Waals surface area (Å²) in [6.45, 7) is 1.51. The topological polar surface area (TPSA) is 69.6 Å². The minimum atomic E-state index is -0.0441. The minimum Gasteiger partial charge on any atom is -0.395 e. The zero-order valence-electron chi connectivity index (χ0n) is 12.1. The van der Waals surface area contributed by atoms with Crippen LogP contribution in [0.2, 0.25) is 0 Å². The summed E-state index contributed by atoms with van der Waals surface area (Å²) in [6.07, 6.45) is 1.80. The van der Waals surface area contributed by atoms with Crippen LogP contribution in [0.1, 0.15) is 18.4 Å². The summed E-state index contributed by atoms with van der Waals surface area (Å²) in [4.78, 5) is 25.8. The Balaban J connectivity index is 1.78. The van der Waals surface area contributed by atoms with Gasteiger partial charge in [0.2, 0.25) is 11.8 Å². The molecular formula is C16H22N2O3. The highest BCUT2D eigenvalue weighted by Crippen LogP contribution is 2.18. The number of amides is 2. The maximum atomic E-state index is 12.2. The smallest absolute Gasteiger partial charge is 0.226 e. The molecule has 1 saturated heterocycles. The molecule has 2 amide bonds. The van der Waals surface area contributed by atoms with Gasteiger partial charge >= 0.3 is 0 Å². The standard InChI is InChI=1S/C16H22N2O3/c19-11-8-17-16(21)14-6-9-18(10-7-14)15(20)12-13-4-2-1-3-5-13/h1-5,14,19H,6-12H2,(H,17,21). The number of aliphatic hydroxyl groups excluding tert-OH is 1. The van der Waals surface area contributed by atoms with E-state index in [1.54, 1.807) is 0 Å². The van der Waals surface area contributed by atoms with Crippen LogP contribution in [0.4, 0.5) is 0 Å². The molecule has 5 heteroatoms. The van der Waals surface area contributed by atoms with E-state index in [1.807, 2.05) is 35.2 Å². The van der Waals surface area contributed by atoms with Crippen molar-refractivity contribution < 1.29 is 14.7 Å². The number of nitrogens with one attached hydrogen (secondary N) is 1. The number of benzene rings is 1. The van der Waals surface area contributed by atoms with Crippen molar-refractivity contribution in [3.8, 4) is 0 Å². The largest absolute Gasteiger partial charge is 0.395 e. The third kappa shape index (κ3) is 4.56. The Morgan fingerprint density at radius 3 is 2.48 bits per heavy atom. The zero-order chi connectivity index (χ0) is 15.1. The molecule has 1 aromatic rings. The maximum Gasteiger partial charge on any atom is 0.226 e. The molecule has 1 aliphatic rings. The van der Waals surface area contributed by atoms with E-state index in [1.165, 1.54) is 0 Å². The van der Waals surface area contributed by atoms with E-state index in [0.717, 1.165) is 5.56 Å². The lowest BCUT2D eigenvalue weighted by Gasteiger charge is -2.31. The first-order valence-electron chi connectivity index (χ1n) is 7.41. The molecule has 5 nitrogen and oxygen atoms in total. The van der Waals surface area contributed by atoms with Crippen molar-refractivity contribution in [1.82, 2.24) is 10.2 Å². The fourth-order valence-corrected chi connectivity index (χ4v) is 2.60. The van der Waals surface area contributed by atoms with Gasteiger partial charge in [-0.3, -0.25) is 9.59 Å². The number of carbonyl (C=O) groups is 2. The highest BCUT2D eigenvalue weighted by atomic mass is 16.3. The molecule has 1 aromatic carbocycles. The highest BCUT2D eigenvalue weighted by molar-refractivity contribution is 5.81. The number of nitrogens with zero attached hydrogens (tertiary/aromatic N) is 1. The molecular weight excluding hydrogens is 268 g/mol. The van der Waals surface area contributed by atoms with E-state index in [2.05, 4.69) is 5.32 Å². The molecule has 1 aliphatic heterocycles. The van der Waals surface area contributed by atoms with Crippen LogP contribution >= 0.6 is 0 Å². The number of hydrogen-bond donors (Lipinski definition) is 2. The fraction of sp³-hybridized carbons (Fsp3) is 0.500. The van der Waals surface area contributed by atoms with Crippen molar-refractivity contribution >= 4 is 11.8 Å². The van der Waals surface area contributed by atoms with Crippen molar-refractivity contribution in [2.24, 2.45) is 5.92 Å². The molecule has 0 bridgehead atoms. The lowest BCUT2D eigenvalue weighted by molar-refractivity contribution is -0.135. The molecule has 0 atom stereocenters. The van der Waals surface area contributed by atoms with Crippen LogP contribution in [0.3, 0.4) is 0 Å². The van der Waals surface area contributed by atoms with Crippen LogP contribution in [0, 0.1) is 5.92 Å². The summed E-state index contributed by atoms with van der Waals surface area (Å²) < 4.78 is 0. The maximum absolute atomic E-state index is 12.2. The van der Waals surface area contributed by atoms with Gasteiger partial charge in [-0.25, -0.2) is 0 Å². The summed E-state index contributed by atoms with van der Waals surface area (Å²) in [6, 6.07) is 9.70. The van der Waals surface area contributed by atoms with Gasteiger partial charge in [0.05, 0.1) is 13.0 Å². The van der Waals surface area contributed by atoms with Gasteiger partial charge in [0.1, 0.15) is 0 Å². The van der Waals surface area contributed by atoms with E-state index in [-0.39, 0.29) is 24.3 Å². The predicted molar refractivity (Wildman–Crippen MR) is 79.5 cm³/mol. The molecule has 1 fully saturated rings. The van der Waals surface area contributed by atoms with Gasteiger partial charge in [-0.05, 0) is 18.4 Å². The third-order valence-electron chi connectivity index (χ3n) is 3.83. The van der Waals surface area contributed by atoms with E-state index < -0.39 is 0 Å². The Morgan fingerprint density at radius 2 is 1.86 bits per heavy atom. The number of aliphatic hydroxyl groups is 1. The van der Waals surface area contributed by atoms with Gasteiger partial charge in [0.25, 0.3) is 0 Å². The first kappa shape index (κ1) is 15.5. The number of piperidine rings is 1. The Labute approximate surface area is 125 Å². The van der Waals surface area contributed by atoms with Crippen LogP contribution < -0.4 is 5.32 Å². The molecule has 0 spiro atoms. The molecule has 2 rings (SSSR count). The molecule has 1 heterocycles. The van der Waals surface area contributed by atoms with E-state index >= 15 is 0 Å². The average molecular weight is 290 g/mol. The summed E-state index contributed by atoms with van der Waals surface area (Å²) >= 11 is 0. The lowest BCUT2D eigenvalue weighted by Crippen LogP contribution is -2.43. The molecule has 21 heavy (non-hydrogen) atoms. The molecule has 0 saturated carbocycles. The van der Waals surface area contributed by atoms with Gasteiger partial charge < -0.3 is 15.3 Å². The number of carbonyl (C=O) groups excluding carboxylic acids is 2. The SMILES string of the molecule is O=C(NCCO)C1CCN(C(=O)Cc2ccccc2)CC1. The quantitative estimate of drug-likeness (QED) is 0.833. The summed E-state index contributed by atoms with van der Waals surface area (Å²) in [5.41, 5.74) is 1.02. The molecule has 114 valence electrons. The first-order chi connectivity index (χ1) is 10.2. The molecule has 2 N–H and O–H groups in total. The van der Waals surface area contributed by atoms with Gasteiger partial charge in [-0.2, -0.15) is 0 Å². The van der Waals surface area contributed by atoms with E-state index in [9.17, 15) is 9.59 Å². The van der Waals surface area contributed by atoms with Crippen molar-refractivity contribution in [2.75, 3.05) is 26.2 Å². The third-order valence-corrected chi connectivity index (χ3v) is 3.83. The summed E-state index contributed by atoms with van der Waals surface area (Å²) in [5, 5.41) is 11.4. The fourth-order valence-electron chi connectivity index (χ4n) is 2.60. The Morgan fingerprint density at radius 1 is 1.19 bits per heavy atom. The lowest BCUT2D eigenvalue weighted by atomic mass is 9.95. The normalized spacial score (nSPS) is 15.8. The van der Waals surface area contributed by atoms with Crippen molar-refractivity contribution in [1.29, 1.82) is 0 Å². The van der Waals surface area contributed by atoms with Gasteiger partial charge in [0, 0.05) is 25.6 Å². The first-order valence-corrected chi connectivity index (χ1v) is 7.41. The summed E-state index contributed by atoms with van der Waals surface area (Å²) in [7, 11) is 0. The van der Waals surface area contributed by atoms with Gasteiger partial charge in [-0.15, -0.1) is 0 Å². The number of rotatable bonds is 5. The van der Waals surface area contributed by atoms with E-state index in [4.69, 9.17) is 5.11 Å². The molecule has 0 radical (unpaired) electrons. The molecule has 0 unspecified atom stereocenters. The van der Waals surface area contributed by atoms with E-state index in [0.29, 0.717) is 38.9 Å². The Hall–Kier alpha value is -1.88. The number of likely N-dealkylation sites (tertiary alicyclic amines) is 1. The second kappa shape index (κ2) is 7.78. The summed E-state index contributed by atoms with van der Waals surface area (Å²) in [5.74, 6) is 0.0620. The van der Waals surface area contributed by atoms with Crippen LogP contribution in [-0.4, -0.2) is 48.1 Å². The van der Waals surface area contributed by atoms with Crippen molar-refractivity contribution in [3.63, 3.8) is 0 Å². The highest BCUT2D eigenvalue weighted by Gasteiger charge is 2.26. The van der Waals surface area contributed by atoms with Crippen molar-refractivity contribution in [2.45, 2.75) is 19.3 Å². The Bertz CT molecular complexity index is 468.